The number of nitrogens with zero attached hydrogens (tertiary/aromatic N) is 2. The van der Waals surface area contributed by atoms with Gasteiger partial charge in [-0.05, 0) is 49.3 Å². The number of urea groups is 1. The average Bonchev–Trinajstić information content (AvgIpc) is 3.25. The molecule has 3 rings (SSSR count). The Labute approximate surface area is 168 Å². The van der Waals surface area contributed by atoms with Crippen LogP contribution in [-0.4, -0.2) is 54.5 Å². The second kappa shape index (κ2) is 9.80. The van der Waals surface area contributed by atoms with E-state index in [2.05, 4.69) is 19.2 Å². The lowest BCUT2D eigenvalue weighted by Crippen LogP contribution is -2.47. The fraction of sp³-hybridized carbons (Fsp3) is 0.636. The molecule has 2 fully saturated rings. The van der Waals surface area contributed by atoms with Crippen LogP contribution in [-0.2, 0) is 11.3 Å². The first-order valence-corrected chi connectivity index (χ1v) is 10.6. The first-order valence-electron chi connectivity index (χ1n) is 10.6. The summed E-state index contributed by atoms with van der Waals surface area (Å²) < 4.78 is 5.69. The van der Waals surface area contributed by atoms with Crippen molar-refractivity contribution in [3.05, 3.63) is 29.8 Å². The van der Waals surface area contributed by atoms with Gasteiger partial charge in [-0.3, -0.25) is 4.79 Å². The lowest BCUT2D eigenvalue weighted by Gasteiger charge is -2.34. The largest absolute Gasteiger partial charge is 0.493 e. The van der Waals surface area contributed by atoms with Crippen molar-refractivity contribution in [3.8, 4) is 5.75 Å². The molecule has 154 valence electrons. The van der Waals surface area contributed by atoms with Crippen LogP contribution in [0.3, 0.4) is 0 Å². The van der Waals surface area contributed by atoms with E-state index < -0.39 is 0 Å². The second-order valence-corrected chi connectivity index (χ2v) is 8.30. The third-order valence-corrected chi connectivity index (χ3v) is 5.49. The molecule has 0 radical (unpaired) electrons. The number of carbonyl (C=O) groups is 2. The summed E-state index contributed by atoms with van der Waals surface area (Å²) in [5.41, 5.74) is 1.06. The van der Waals surface area contributed by atoms with Crippen molar-refractivity contribution in [2.75, 3.05) is 32.8 Å². The van der Waals surface area contributed by atoms with Gasteiger partial charge in [-0.15, -0.1) is 0 Å². The van der Waals surface area contributed by atoms with Crippen molar-refractivity contribution >= 4 is 11.9 Å². The van der Waals surface area contributed by atoms with Crippen LogP contribution in [0.4, 0.5) is 4.79 Å². The maximum absolute atomic E-state index is 12.5. The number of rotatable bonds is 6. The van der Waals surface area contributed by atoms with Gasteiger partial charge in [0.15, 0.2) is 0 Å². The molecule has 2 heterocycles. The zero-order valence-corrected chi connectivity index (χ0v) is 17.2. The number of piperidine rings is 1. The van der Waals surface area contributed by atoms with Crippen molar-refractivity contribution in [2.24, 2.45) is 11.8 Å². The summed E-state index contributed by atoms with van der Waals surface area (Å²) in [5.74, 6) is 1.44. The molecule has 28 heavy (non-hydrogen) atoms. The third kappa shape index (κ3) is 5.63. The topological polar surface area (TPSA) is 61.9 Å². The molecule has 6 nitrogen and oxygen atoms in total. The van der Waals surface area contributed by atoms with Crippen LogP contribution in [0.5, 0.6) is 5.75 Å². The molecule has 0 aromatic heterocycles. The number of hydrogen-bond donors (Lipinski definition) is 1. The fourth-order valence-corrected chi connectivity index (χ4v) is 3.74. The van der Waals surface area contributed by atoms with Gasteiger partial charge in [0, 0.05) is 38.6 Å². The highest BCUT2D eigenvalue weighted by Gasteiger charge is 2.30. The summed E-state index contributed by atoms with van der Waals surface area (Å²) in [6.45, 7) is 8.57. The third-order valence-electron chi connectivity index (χ3n) is 5.49. The monoisotopic (exact) mass is 387 g/mol. The van der Waals surface area contributed by atoms with Crippen molar-refractivity contribution in [1.82, 2.24) is 15.1 Å². The first kappa shape index (κ1) is 20.5. The highest BCUT2D eigenvalue weighted by atomic mass is 16.5. The summed E-state index contributed by atoms with van der Waals surface area (Å²) in [7, 11) is 0. The number of nitrogens with one attached hydrogen (secondary N) is 1. The highest BCUT2D eigenvalue weighted by molar-refractivity contribution is 5.79. The molecule has 2 saturated heterocycles. The molecule has 0 spiro atoms. The molecular weight excluding hydrogens is 354 g/mol. The van der Waals surface area contributed by atoms with Crippen molar-refractivity contribution in [3.63, 3.8) is 0 Å². The van der Waals surface area contributed by atoms with E-state index in [1.165, 1.54) is 0 Å². The van der Waals surface area contributed by atoms with E-state index in [-0.39, 0.29) is 17.9 Å². The molecule has 2 aliphatic heterocycles. The lowest BCUT2D eigenvalue weighted by molar-refractivity contribution is -0.126. The second-order valence-electron chi connectivity index (χ2n) is 8.30. The van der Waals surface area contributed by atoms with E-state index >= 15 is 0 Å². The van der Waals surface area contributed by atoms with E-state index in [4.69, 9.17) is 4.74 Å². The Hall–Kier alpha value is -2.24. The van der Waals surface area contributed by atoms with E-state index in [1.54, 1.807) is 0 Å². The molecule has 0 atom stereocenters. The zero-order valence-electron chi connectivity index (χ0n) is 17.2. The number of benzene rings is 1. The van der Waals surface area contributed by atoms with Gasteiger partial charge in [-0.25, -0.2) is 4.79 Å². The molecule has 3 amide bonds. The molecule has 1 aromatic carbocycles. The molecule has 1 aromatic rings. The number of ether oxygens (including phenoxy) is 1. The van der Waals surface area contributed by atoms with Gasteiger partial charge >= 0.3 is 6.03 Å². The smallest absolute Gasteiger partial charge is 0.319 e. The molecule has 1 N–H and O–H groups in total. The average molecular weight is 388 g/mol. The molecule has 0 saturated carbocycles. The Kier molecular flexibility index (Phi) is 7.18. The standard InChI is InChI=1S/C22H33N3O3/c1-17(2)16-28-20-7-5-18(6-8-20)15-23-21(26)19-9-13-25(14-10-19)22(27)24-11-3-4-12-24/h5-8,17,19H,3-4,9-16H2,1-2H3,(H,23,26). The van der Waals surface area contributed by atoms with Crippen molar-refractivity contribution < 1.29 is 14.3 Å². The van der Waals surface area contributed by atoms with Gasteiger partial charge < -0.3 is 19.9 Å². The predicted octanol–water partition coefficient (Wildman–Crippen LogP) is 3.27. The Morgan fingerprint density at radius 2 is 1.64 bits per heavy atom. The minimum atomic E-state index is -0.00345. The highest BCUT2D eigenvalue weighted by Crippen LogP contribution is 2.20. The van der Waals surface area contributed by atoms with Gasteiger partial charge in [0.2, 0.25) is 5.91 Å². The predicted molar refractivity (Wildman–Crippen MR) is 109 cm³/mol. The van der Waals surface area contributed by atoms with Crippen LogP contribution in [0.2, 0.25) is 0 Å². The minimum Gasteiger partial charge on any atom is -0.493 e. The van der Waals surface area contributed by atoms with Gasteiger partial charge in [0.05, 0.1) is 6.61 Å². The molecule has 2 aliphatic rings. The van der Waals surface area contributed by atoms with E-state index in [0.29, 0.717) is 32.2 Å². The van der Waals surface area contributed by atoms with Crippen molar-refractivity contribution in [2.45, 2.75) is 46.1 Å². The van der Waals surface area contributed by atoms with Gasteiger partial charge in [-0.1, -0.05) is 26.0 Å². The van der Waals surface area contributed by atoms with E-state index in [1.807, 2.05) is 34.1 Å². The summed E-state index contributed by atoms with van der Waals surface area (Å²) in [5, 5.41) is 3.04. The van der Waals surface area contributed by atoms with Crippen LogP contribution in [0.15, 0.2) is 24.3 Å². The molecule has 0 aliphatic carbocycles. The van der Waals surface area contributed by atoms with Crippen LogP contribution < -0.4 is 10.1 Å². The van der Waals surface area contributed by atoms with E-state index in [0.717, 1.165) is 50.1 Å². The minimum absolute atomic E-state index is 0.00345. The van der Waals surface area contributed by atoms with Gasteiger partial charge in [0.1, 0.15) is 5.75 Å². The maximum atomic E-state index is 12.5. The Morgan fingerprint density at radius 1 is 1.04 bits per heavy atom. The number of amides is 3. The quantitative estimate of drug-likeness (QED) is 0.815. The Balaban J connectivity index is 1.39. The van der Waals surface area contributed by atoms with Crippen LogP contribution in [0.25, 0.3) is 0 Å². The van der Waals surface area contributed by atoms with Crippen LogP contribution >= 0.6 is 0 Å². The first-order chi connectivity index (χ1) is 13.5. The normalized spacial score (nSPS) is 17.8. The number of likely N-dealkylation sites (tertiary alicyclic amines) is 2. The fourth-order valence-electron chi connectivity index (χ4n) is 3.74. The van der Waals surface area contributed by atoms with Gasteiger partial charge in [0.25, 0.3) is 0 Å². The molecule has 6 heteroatoms. The summed E-state index contributed by atoms with van der Waals surface area (Å²) in [6, 6.07) is 8.04. The number of hydrogen-bond acceptors (Lipinski definition) is 3. The van der Waals surface area contributed by atoms with Crippen LogP contribution in [0.1, 0.15) is 45.1 Å². The van der Waals surface area contributed by atoms with E-state index in [9.17, 15) is 9.59 Å². The summed E-state index contributed by atoms with van der Waals surface area (Å²) >= 11 is 0. The Bertz CT molecular complexity index is 645. The lowest BCUT2D eigenvalue weighted by atomic mass is 9.96. The molecule has 0 unspecified atom stereocenters. The summed E-state index contributed by atoms with van der Waals surface area (Å²) in [4.78, 5) is 28.8. The number of carbonyl (C=O) groups excluding carboxylic acids is 2. The van der Waals surface area contributed by atoms with Gasteiger partial charge in [-0.2, -0.15) is 0 Å². The molecule has 0 bridgehead atoms. The zero-order chi connectivity index (χ0) is 19.9. The SMILES string of the molecule is CC(C)COc1ccc(CNC(=O)C2CCN(C(=O)N3CCCC3)CC2)cc1. The van der Waals surface area contributed by atoms with Crippen LogP contribution in [0, 0.1) is 11.8 Å². The summed E-state index contributed by atoms with van der Waals surface area (Å²) in [6.07, 6.45) is 3.70. The maximum Gasteiger partial charge on any atom is 0.319 e. The molecular formula is C22H33N3O3. The Morgan fingerprint density at radius 3 is 2.25 bits per heavy atom. The van der Waals surface area contributed by atoms with Crippen molar-refractivity contribution in [1.29, 1.82) is 0 Å².